The van der Waals surface area contributed by atoms with Crippen molar-refractivity contribution in [3.8, 4) is 0 Å². The monoisotopic (exact) mass is 166 g/mol. The average molecular weight is 166 g/mol. The van der Waals surface area contributed by atoms with Gasteiger partial charge in [0.15, 0.2) is 0 Å². The molecule has 1 rings (SSSR count). The summed E-state index contributed by atoms with van der Waals surface area (Å²) >= 11 is 0. The maximum absolute atomic E-state index is 4.26. The van der Waals surface area contributed by atoms with Gasteiger partial charge in [-0.2, -0.15) is 0 Å². The topological polar surface area (TPSA) is 17.8 Å². The predicted octanol–water partition coefficient (Wildman–Crippen LogP) is 2.69. The Kier molecular flexibility index (Phi) is 3.32. The highest BCUT2D eigenvalue weighted by Gasteiger charge is 2.00. The largest absolute Gasteiger partial charge is 0.333 e. The van der Waals surface area contributed by atoms with Gasteiger partial charge in [0.2, 0.25) is 0 Å². The molecule has 0 aliphatic carbocycles. The van der Waals surface area contributed by atoms with Crippen LogP contribution in [0.4, 0.5) is 0 Å². The van der Waals surface area contributed by atoms with Crippen LogP contribution in [0.5, 0.6) is 0 Å². The number of aromatic nitrogens is 2. The van der Waals surface area contributed by atoms with Gasteiger partial charge in [-0.25, -0.2) is 4.98 Å². The Bertz CT molecular complexity index is 218. The Morgan fingerprint density at radius 1 is 1.33 bits per heavy atom. The molecule has 0 aliphatic rings. The summed E-state index contributed by atoms with van der Waals surface area (Å²) in [5.41, 5.74) is 1.28. The molecule has 12 heavy (non-hydrogen) atoms. The van der Waals surface area contributed by atoms with E-state index in [1.807, 2.05) is 6.20 Å². The molecule has 0 unspecified atom stereocenters. The van der Waals surface area contributed by atoms with Gasteiger partial charge in [-0.3, -0.25) is 0 Å². The standard InChI is InChI=1S/C10H18N2/c1-4-5-6-7-12-9(2)8-11-10(12)3/h8H,4-7H2,1-3H3. The lowest BCUT2D eigenvalue weighted by Crippen LogP contribution is -2.02. The minimum Gasteiger partial charge on any atom is -0.333 e. The van der Waals surface area contributed by atoms with Crippen LogP contribution in [0.2, 0.25) is 0 Å². The Labute approximate surface area is 74.6 Å². The summed E-state index contributed by atoms with van der Waals surface area (Å²) in [6.07, 6.45) is 5.82. The summed E-state index contributed by atoms with van der Waals surface area (Å²) in [7, 11) is 0. The molecular weight excluding hydrogens is 148 g/mol. The Morgan fingerprint density at radius 2 is 2.08 bits per heavy atom. The van der Waals surface area contributed by atoms with Crippen LogP contribution in [0.15, 0.2) is 6.20 Å². The van der Waals surface area contributed by atoms with Crippen LogP contribution in [0.25, 0.3) is 0 Å². The third-order valence-electron chi connectivity index (χ3n) is 2.24. The van der Waals surface area contributed by atoms with E-state index in [0.29, 0.717) is 0 Å². The molecule has 0 amide bonds. The molecule has 0 N–H and O–H groups in total. The molecule has 2 nitrogen and oxygen atoms in total. The number of hydrogen-bond acceptors (Lipinski definition) is 1. The Balaban J connectivity index is 2.50. The van der Waals surface area contributed by atoms with E-state index in [4.69, 9.17) is 0 Å². The van der Waals surface area contributed by atoms with Crippen LogP contribution in [-0.4, -0.2) is 9.55 Å². The van der Waals surface area contributed by atoms with E-state index in [1.165, 1.54) is 25.0 Å². The van der Waals surface area contributed by atoms with Crippen molar-refractivity contribution >= 4 is 0 Å². The van der Waals surface area contributed by atoms with E-state index in [-0.39, 0.29) is 0 Å². The molecule has 0 aromatic carbocycles. The maximum Gasteiger partial charge on any atom is 0.105 e. The zero-order chi connectivity index (χ0) is 8.97. The molecule has 0 spiro atoms. The van der Waals surface area contributed by atoms with Crippen molar-refractivity contribution in [1.29, 1.82) is 0 Å². The van der Waals surface area contributed by atoms with Crippen LogP contribution in [0, 0.1) is 13.8 Å². The van der Waals surface area contributed by atoms with Crippen molar-refractivity contribution in [3.05, 3.63) is 17.7 Å². The van der Waals surface area contributed by atoms with Gasteiger partial charge >= 0.3 is 0 Å². The number of aryl methyl sites for hydroxylation is 2. The summed E-state index contributed by atoms with van der Waals surface area (Å²) in [6, 6.07) is 0. The average Bonchev–Trinajstić information content (AvgIpc) is 2.35. The smallest absolute Gasteiger partial charge is 0.105 e. The molecule has 0 bridgehead atoms. The quantitative estimate of drug-likeness (QED) is 0.629. The maximum atomic E-state index is 4.26. The number of unbranched alkanes of at least 4 members (excludes halogenated alkanes) is 2. The van der Waals surface area contributed by atoms with Gasteiger partial charge in [-0.1, -0.05) is 19.8 Å². The molecule has 0 radical (unpaired) electrons. The molecule has 0 atom stereocenters. The molecule has 1 heterocycles. The predicted molar refractivity (Wildman–Crippen MR) is 51.2 cm³/mol. The lowest BCUT2D eigenvalue weighted by molar-refractivity contribution is 0.581. The van der Waals surface area contributed by atoms with Crippen LogP contribution in [0.3, 0.4) is 0 Å². The third-order valence-corrected chi connectivity index (χ3v) is 2.24. The van der Waals surface area contributed by atoms with Crippen LogP contribution < -0.4 is 0 Å². The van der Waals surface area contributed by atoms with Crippen molar-refractivity contribution in [3.63, 3.8) is 0 Å². The fraction of sp³-hybridized carbons (Fsp3) is 0.700. The zero-order valence-corrected chi connectivity index (χ0v) is 8.30. The first kappa shape index (κ1) is 9.30. The molecule has 68 valence electrons. The molecule has 2 heteroatoms. The summed E-state index contributed by atoms with van der Waals surface area (Å²) in [4.78, 5) is 4.26. The Morgan fingerprint density at radius 3 is 2.58 bits per heavy atom. The van der Waals surface area contributed by atoms with Crippen molar-refractivity contribution in [2.75, 3.05) is 0 Å². The first-order valence-electron chi connectivity index (χ1n) is 4.74. The second-order valence-corrected chi connectivity index (χ2v) is 3.31. The number of hydrogen-bond donors (Lipinski definition) is 0. The van der Waals surface area contributed by atoms with Gasteiger partial charge in [0.25, 0.3) is 0 Å². The minimum absolute atomic E-state index is 1.13. The van der Waals surface area contributed by atoms with Crippen LogP contribution in [-0.2, 0) is 6.54 Å². The summed E-state index contributed by atoms with van der Waals surface area (Å²) < 4.78 is 2.29. The highest BCUT2D eigenvalue weighted by atomic mass is 15.1. The van der Waals surface area contributed by atoms with E-state index < -0.39 is 0 Å². The minimum atomic E-state index is 1.13. The molecular formula is C10H18N2. The molecule has 0 saturated heterocycles. The molecule has 0 fully saturated rings. The van der Waals surface area contributed by atoms with Crippen LogP contribution >= 0.6 is 0 Å². The summed E-state index contributed by atoms with van der Waals surface area (Å²) in [6.45, 7) is 7.55. The Hall–Kier alpha value is -0.790. The van der Waals surface area contributed by atoms with Gasteiger partial charge in [0.05, 0.1) is 0 Å². The molecule has 0 saturated carbocycles. The normalized spacial score (nSPS) is 10.6. The highest BCUT2D eigenvalue weighted by molar-refractivity contribution is 5.01. The van der Waals surface area contributed by atoms with Crippen molar-refractivity contribution in [1.82, 2.24) is 9.55 Å². The summed E-state index contributed by atoms with van der Waals surface area (Å²) in [5.74, 6) is 1.14. The fourth-order valence-electron chi connectivity index (χ4n) is 1.44. The summed E-state index contributed by atoms with van der Waals surface area (Å²) in [5, 5.41) is 0. The van der Waals surface area contributed by atoms with Crippen molar-refractivity contribution in [2.24, 2.45) is 0 Å². The van der Waals surface area contributed by atoms with Crippen molar-refractivity contribution < 1.29 is 0 Å². The van der Waals surface area contributed by atoms with Gasteiger partial charge in [0, 0.05) is 18.4 Å². The SMILES string of the molecule is CCCCCn1c(C)cnc1C. The second kappa shape index (κ2) is 4.29. The van der Waals surface area contributed by atoms with E-state index >= 15 is 0 Å². The number of nitrogens with zero attached hydrogens (tertiary/aromatic N) is 2. The lowest BCUT2D eigenvalue weighted by Gasteiger charge is -2.06. The van der Waals surface area contributed by atoms with Crippen molar-refractivity contribution in [2.45, 2.75) is 46.6 Å². The van der Waals surface area contributed by atoms with Gasteiger partial charge < -0.3 is 4.57 Å². The van der Waals surface area contributed by atoms with E-state index in [0.717, 1.165) is 12.4 Å². The number of rotatable bonds is 4. The van der Waals surface area contributed by atoms with Gasteiger partial charge in [0.1, 0.15) is 5.82 Å². The molecule has 1 aromatic heterocycles. The first-order valence-corrected chi connectivity index (χ1v) is 4.74. The molecule has 1 aromatic rings. The first-order chi connectivity index (χ1) is 5.75. The lowest BCUT2D eigenvalue weighted by atomic mass is 10.2. The van der Waals surface area contributed by atoms with Crippen LogP contribution in [0.1, 0.15) is 37.7 Å². The fourth-order valence-corrected chi connectivity index (χ4v) is 1.44. The van der Waals surface area contributed by atoms with E-state index in [1.54, 1.807) is 0 Å². The zero-order valence-electron chi connectivity index (χ0n) is 8.30. The number of imidazole rings is 1. The molecule has 0 aliphatic heterocycles. The van der Waals surface area contributed by atoms with Gasteiger partial charge in [-0.05, 0) is 20.3 Å². The van der Waals surface area contributed by atoms with Gasteiger partial charge in [-0.15, -0.1) is 0 Å². The van der Waals surface area contributed by atoms with E-state index in [2.05, 4.69) is 30.3 Å². The third kappa shape index (κ3) is 2.10. The second-order valence-electron chi connectivity index (χ2n) is 3.31. The van der Waals surface area contributed by atoms with E-state index in [9.17, 15) is 0 Å². The highest BCUT2D eigenvalue weighted by Crippen LogP contribution is 2.06.